The molecule has 41 heavy (non-hydrogen) atoms. The van der Waals surface area contributed by atoms with E-state index >= 15 is 0 Å². The molecule has 1 aromatic heterocycles. The summed E-state index contributed by atoms with van der Waals surface area (Å²) in [4.78, 5) is 19.0. The van der Waals surface area contributed by atoms with Crippen LogP contribution in [0.4, 0.5) is 0 Å². The molecule has 9 heteroatoms. The molecule has 0 spiro atoms. The number of imidazole rings is 1. The van der Waals surface area contributed by atoms with Gasteiger partial charge in [-0.1, -0.05) is 42.5 Å². The standard InChI is InChI=1S/C32H37N5O3S/c1-22-35-30-9-5-6-10-31(30)37(22)28-19-26-13-14-27(20-28)36(26)18-17-25(23-7-3-2-4-8-23)21-34-41(39,40)29-15-11-24(12-16-29)32(33)38/h2-12,15-16,25-28,34H,13-14,17-21H2,1H3,(H2,33,38)/t25?,26-,27+,28?. The maximum absolute atomic E-state index is 13.1. The van der Waals surface area contributed by atoms with E-state index in [1.165, 1.54) is 42.6 Å². The highest BCUT2D eigenvalue weighted by Gasteiger charge is 2.41. The SMILES string of the molecule is Cc1nc2ccccc2n1C1C[C@H]2CC[C@@H](C1)N2CCC(CNS(=O)(=O)c1ccc(C(N)=O)cc1)c1ccccc1. The summed E-state index contributed by atoms with van der Waals surface area (Å²) in [5, 5.41) is 0. The number of hydrogen-bond acceptors (Lipinski definition) is 5. The lowest BCUT2D eigenvalue weighted by atomic mass is 9.93. The zero-order chi connectivity index (χ0) is 28.6. The number of amides is 1. The number of aryl methyl sites for hydroxylation is 1. The van der Waals surface area contributed by atoms with Gasteiger partial charge in [-0.2, -0.15) is 0 Å². The number of hydrogen-bond donors (Lipinski definition) is 2. The average Bonchev–Trinajstić information content (AvgIpc) is 3.43. The van der Waals surface area contributed by atoms with E-state index in [0.717, 1.165) is 42.7 Å². The molecule has 3 aromatic carbocycles. The number of piperidine rings is 1. The van der Waals surface area contributed by atoms with Crippen molar-refractivity contribution in [2.24, 2.45) is 5.73 Å². The van der Waals surface area contributed by atoms with E-state index in [-0.39, 0.29) is 16.4 Å². The highest BCUT2D eigenvalue weighted by Crippen LogP contribution is 2.42. The van der Waals surface area contributed by atoms with Gasteiger partial charge in [0, 0.05) is 30.2 Å². The largest absolute Gasteiger partial charge is 0.366 e. The monoisotopic (exact) mass is 571 g/mol. The third kappa shape index (κ3) is 5.66. The van der Waals surface area contributed by atoms with Crippen LogP contribution in [0.25, 0.3) is 11.0 Å². The second-order valence-electron chi connectivity index (χ2n) is 11.4. The maximum atomic E-state index is 13.1. The van der Waals surface area contributed by atoms with Crippen LogP contribution in [0.1, 0.15) is 65.8 Å². The number of nitrogens with one attached hydrogen (secondary N) is 1. The molecule has 6 rings (SSSR count). The fraction of sp³-hybridized carbons (Fsp3) is 0.375. The Morgan fingerprint density at radius 3 is 2.29 bits per heavy atom. The number of carbonyl (C=O) groups is 1. The minimum atomic E-state index is -3.74. The number of primary amides is 1. The van der Waals surface area contributed by atoms with Crippen molar-refractivity contribution in [3.8, 4) is 0 Å². The number of para-hydroxylation sites is 2. The van der Waals surface area contributed by atoms with Gasteiger partial charge in [-0.05, 0) is 93.5 Å². The Balaban J connectivity index is 1.14. The second-order valence-corrected chi connectivity index (χ2v) is 13.2. The maximum Gasteiger partial charge on any atom is 0.248 e. The van der Waals surface area contributed by atoms with Crippen molar-refractivity contribution in [1.29, 1.82) is 0 Å². The van der Waals surface area contributed by atoms with E-state index in [4.69, 9.17) is 10.7 Å². The lowest BCUT2D eigenvalue weighted by molar-refractivity contribution is 0.1000. The normalized spacial score (nSPS) is 21.7. The molecule has 0 aliphatic carbocycles. The first-order valence-electron chi connectivity index (χ1n) is 14.4. The first-order chi connectivity index (χ1) is 19.8. The molecule has 3 N–H and O–H groups in total. The third-order valence-corrected chi connectivity index (χ3v) is 10.4. The van der Waals surface area contributed by atoms with Crippen molar-refractivity contribution < 1.29 is 13.2 Å². The van der Waals surface area contributed by atoms with Crippen LogP contribution < -0.4 is 10.5 Å². The van der Waals surface area contributed by atoms with Gasteiger partial charge in [0.15, 0.2) is 0 Å². The quantitative estimate of drug-likeness (QED) is 0.285. The summed E-state index contributed by atoms with van der Waals surface area (Å²) < 4.78 is 31.5. The topological polar surface area (TPSA) is 110 Å². The number of fused-ring (bicyclic) bond motifs is 3. The summed E-state index contributed by atoms with van der Waals surface area (Å²) in [7, 11) is -3.74. The Bertz CT molecular complexity index is 1620. The van der Waals surface area contributed by atoms with Gasteiger partial charge < -0.3 is 10.3 Å². The van der Waals surface area contributed by atoms with E-state index in [0.29, 0.717) is 24.7 Å². The zero-order valence-corrected chi connectivity index (χ0v) is 24.1. The van der Waals surface area contributed by atoms with Crippen LogP contribution in [0.2, 0.25) is 0 Å². The smallest absolute Gasteiger partial charge is 0.248 e. The fourth-order valence-electron chi connectivity index (χ4n) is 6.96. The Hall–Kier alpha value is -3.53. The first kappa shape index (κ1) is 27.6. The Morgan fingerprint density at radius 1 is 0.951 bits per heavy atom. The van der Waals surface area contributed by atoms with Gasteiger partial charge in [0.1, 0.15) is 5.82 Å². The van der Waals surface area contributed by atoms with Crippen molar-refractivity contribution in [3.05, 3.63) is 95.8 Å². The molecule has 4 aromatic rings. The Labute approximate surface area is 241 Å². The highest BCUT2D eigenvalue weighted by atomic mass is 32.2. The van der Waals surface area contributed by atoms with E-state index < -0.39 is 15.9 Å². The van der Waals surface area contributed by atoms with Crippen LogP contribution in [0, 0.1) is 6.92 Å². The van der Waals surface area contributed by atoms with Gasteiger partial charge in [-0.15, -0.1) is 0 Å². The molecule has 0 radical (unpaired) electrons. The number of aromatic nitrogens is 2. The summed E-state index contributed by atoms with van der Waals surface area (Å²) >= 11 is 0. The van der Waals surface area contributed by atoms with Crippen LogP contribution in [0.15, 0.2) is 83.8 Å². The van der Waals surface area contributed by atoms with Crippen molar-refractivity contribution in [3.63, 3.8) is 0 Å². The summed E-state index contributed by atoms with van der Waals surface area (Å²) in [6.07, 6.45) is 5.49. The molecule has 1 amide bonds. The van der Waals surface area contributed by atoms with Gasteiger partial charge >= 0.3 is 0 Å². The van der Waals surface area contributed by atoms with Gasteiger partial charge in [0.05, 0.1) is 15.9 Å². The molecule has 2 fully saturated rings. The minimum Gasteiger partial charge on any atom is -0.366 e. The number of rotatable bonds is 10. The second kappa shape index (κ2) is 11.4. The fourth-order valence-corrected chi connectivity index (χ4v) is 8.04. The lowest BCUT2D eigenvalue weighted by Gasteiger charge is -2.40. The number of nitrogens with two attached hydrogens (primary N) is 1. The highest BCUT2D eigenvalue weighted by molar-refractivity contribution is 7.89. The lowest BCUT2D eigenvalue weighted by Crippen LogP contribution is -2.44. The molecule has 3 heterocycles. The van der Waals surface area contributed by atoms with Gasteiger partial charge in [-0.25, -0.2) is 18.1 Å². The van der Waals surface area contributed by atoms with E-state index in [1.807, 2.05) is 24.3 Å². The van der Waals surface area contributed by atoms with Gasteiger partial charge in [0.2, 0.25) is 15.9 Å². The molecule has 2 aliphatic rings. The molecule has 2 aliphatic heterocycles. The summed E-state index contributed by atoms with van der Waals surface area (Å²) in [6, 6.07) is 25.8. The number of carbonyl (C=O) groups excluding carboxylic acids is 1. The molecule has 0 saturated carbocycles. The molecular formula is C32H37N5O3S. The number of nitrogens with zero attached hydrogens (tertiary/aromatic N) is 3. The predicted molar refractivity (Wildman–Crippen MR) is 160 cm³/mol. The number of sulfonamides is 1. The van der Waals surface area contributed by atoms with Crippen molar-refractivity contribution >= 4 is 27.0 Å². The Morgan fingerprint density at radius 2 is 1.61 bits per heavy atom. The van der Waals surface area contributed by atoms with Crippen LogP contribution in [0.3, 0.4) is 0 Å². The van der Waals surface area contributed by atoms with Crippen molar-refractivity contribution in [2.45, 2.75) is 68.0 Å². The summed E-state index contributed by atoms with van der Waals surface area (Å²) in [5.41, 5.74) is 9.00. The third-order valence-electron chi connectivity index (χ3n) is 8.97. The zero-order valence-electron chi connectivity index (χ0n) is 23.3. The predicted octanol–water partition coefficient (Wildman–Crippen LogP) is 4.76. The van der Waals surface area contributed by atoms with Crippen LogP contribution >= 0.6 is 0 Å². The summed E-state index contributed by atoms with van der Waals surface area (Å²) in [6.45, 7) is 3.35. The number of benzene rings is 3. The summed E-state index contributed by atoms with van der Waals surface area (Å²) in [5.74, 6) is 0.537. The van der Waals surface area contributed by atoms with Crippen LogP contribution in [-0.2, 0) is 10.0 Å². The molecule has 2 saturated heterocycles. The molecule has 4 atom stereocenters. The average molecular weight is 572 g/mol. The molecule has 2 unspecified atom stereocenters. The van der Waals surface area contributed by atoms with Gasteiger partial charge in [-0.3, -0.25) is 9.69 Å². The van der Waals surface area contributed by atoms with Crippen LogP contribution in [0.5, 0.6) is 0 Å². The first-order valence-corrected chi connectivity index (χ1v) is 15.9. The van der Waals surface area contributed by atoms with Crippen molar-refractivity contribution in [1.82, 2.24) is 19.2 Å². The van der Waals surface area contributed by atoms with E-state index in [1.54, 1.807) is 0 Å². The van der Waals surface area contributed by atoms with Gasteiger partial charge in [0.25, 0.3) is 0 Å². The molecular weight excluding hydrogens is 534 g/mol. The molecule has 2 bridgehead atoms. The molecule has 8 nitrogen and oxygen atoms in total. The van der Waals surface area contributed by atoms with Crippen molar-refractivity contribution in [2.75, 3.05) is 13.1 Å². The van der Waals surface area contributed by atoms with E-state index in [9.17, 15) is 13.2 Å². The van der Waals surface area contributed by atoms with Crippen LogP contribution in [-0.4, -0.2) is 53.9 Å². The Kier molecular flexibility index (Phi) is 7.68. The minimum absolute atomic E-state index is 0.0350. The molecule has 214 valence electrons. The van der Waals surface area contributed by atoms with E-state index in [2.05, 4.69) is 51.4 Å².